The van der Waals surface area contributed by atoms with Gasteiger partial charge in [0, 0.05) is 6.54 Å². The lowest BCUT2D eigenvalue weighted by molar-refractivity contribution is 0.199. The Balaban J connectivity index is 0.000000561. The van der Waals surface area contributed by atoms with Crippen LogP contribution >= 0.6 is 12.2 Å². The van der Waals surface area contributed by atoms with Crippen LogP contribution in [0.4, 0.5) is 4.79 Å². The third-order valence-corrected chi connectivity index (χ3v) is 1.78. The monoisotopic (exact) mass is 189 g/mol. The third-order valence-electron chi connectivity index (χ3n) is 1.45. The Labute approximate surface area is 78.3 Å². The molecule has 0 atom stereocenters. The highest BCUT2D eigenvalue weighted by Crippen LogP contribution is 2.05. The molecule has 0 bridgehead atoms. The molecule has 0 spiro atoms. The molecule has 0 unspecified atom stereocenters. The third kappa shape index (κ3) is 2.15. The molecule has 1 rings (SSSR count). The van der Waals surface area contributed by atoms with Gasteiger partial charge in [-0.15, -0.1) is 0 Å². The van der Waals surface area contributed by atoms with Crippen molar-refractivity contribution in [3.05, 3.63) is 0 Å². The van der Waals surface area contributed by atoms with Crippen molar-refractivity contribution < 1.29 is 4.79 Å². The summed E-state index contributed by atoms with van der Waals surface area (Å²) in [5.41, 5.74) is 0. The molecule has 1 aliphatic heterocycles. The van der Waals surface area contributed by atoms with Gasteiger partial charge < -0.3 is 4.90 Å². The van der Waals surface area contributed by atoms with E-state index in [9.17, 15) is 4.79 Å². The van der Waals surface area contributed by atoms with Gasteiger partial charge in [-0.25, -0.2) is 15.6 Å². The van der Waals surface area contributed by atoms with E-state index in [4.69, 9.17) is 18.1 Å². The van der Waals surface area contributed by atoms with E-state index in [2.05, 4.69) is 0 Å². The number of carbonyl (C=O) groups is 1. The Bertz CT molecular complexity index is 183. The minimum Gasteiger partial charge on any atom is -0.317 e. The minimum atomic E-state index is -0.201. The Morgan fingerprint density at radius 3 is 2.25 bits per heavy atom. The van der Waals surface area contributed by atoms with Gasteiger partial charge in [-0.2, -0.15) is 0 Å². The normalized spacial score (nSPS) is 16.3. The summed E-state index contributed by atoms with van der Waals surface area (Å²) in [6, 6.07) is -0.201. The molecule has 0 aromatic carbocycles. The zero-order chi connectivity index (χ0) is 9.72. The summed E-state index contributed by atoms with van der Waals surface area (Å²) in [4.78, 5) is 13.1. The first kappa shape index (κ1) is 11.3. The fourth-order valence-corrected chi connectivity index (χ4v) is 1.05. The smallest absolute Gasteiger partial charge is 0.317 e. The van der Waals surface area contributed by atoms with E-state index in [0.29, 0.717) is 18.1 Å². The number of likely N-dealkylation sites (N-methyl/N-ethyl adjacent to an activating group) is 1. The molecule has 1 saturated heterocycles. The van der Waals surface area contributed by atoms with E-state index in [0.717, 1.165) is 5.01 Å². The lowest BCUT2D eigenvalue weighted by Gasteiger charge is -2.10. The van der Waals surface area contributed by atoms with Crippen LogP contribution in [0.25, 0.3) is 0 Å². The molecule has 1 fully saturated rings. The number of amides is 2. The summed E-state index contributed by atoms with van der Waals surface area (Å²) in [5.74, 6) is 5.29. The molecule has 2 amide bonds. The van der Waals surface area contributed by atoms with Gasteiger partial charge in [0.25, 0.3) is 0 Å². The quantitative estimate of drug-likeness (QED) is 0.380. The van der Waals surface area contributed by atoms with Crippen LogP contribution < -0.4 is 5.84 Å². The van der Waals surface area contributed by atoms with Crippen LogP contribution in [0, 0.1) is 0 Å². The molecule has 70 valence electrons. The van der Waals surface area contributed by atoms with Crippen LogP contribution in [0.2, 0.25) is 0 Å². The number of hydrogen-bond donors (Lipinski definition) is 1. The predicted molar refractivity (Wildman–Crippen MR) is 52.6 cm³/mol. The first-order valence-corrected chi connectivity index (χ1v) is 4.44. The van der Waals surface area contributed by atoms with E-state index in [1.807, 2.05) is 20.8 Å². The summed E-state index contributed by atoms with van der Waals surface area (Å²) in [6.07, 6.45) is 0. The van der Waals surface area contributed by atoms with Crippen molar-refractivity contribution in [2.24, 2.45) is 5.84 Å². The van der Waals surface area contributed by atoms with E-state index in [1.165, 1.54) is 0 Å². The van der Waals surface area contributed by atoms with Gasteiger partial charge in [-0.3, -0.25) is 0 Å². The second-order valence-electron chi connectivity index (χ2n) is 2.06. The molecule has 0 radical (unpaired) electrons. The standard InChI is InChI=1S/C5H9N3OS.C2H6/c1-2-7-3-4(10)8(6)5(7)9;1-2/h2-3,6H2,1H3;1-2H3. The van der Waals surface area contributed by atoms with Gasteiger partial charge in [-0.1, -0.05) is 26.1 Å². The maximum Gasteiger partial charge on any atom is 0.339 e. The average molecular weight is 189 g/mol. The van der Waals surface area contributed by atoms with Crippen molar-refractivity contribution in [2.75, 3.05) is 13.1 Å². The van der Waals surface area contributed by atoms with Crippen LogP contribution in [0.1, 0.15) is 20.8 Å². The molecule has 0 saturated carbocycles. The number of hydrogen-bond acceptors (Lipinski definition) is 3. The van der Waals surface area contributed by atoms with Crippen molar-refractivity contribution in [3.63, 3.8) is 0 Å². The molecule has 1 heterocycles. The SMILES string of the molecule is CC.CCN1CC(=S)N(N)C1=O. The summed E-state index contributed by atoms with van der Waals surface area (Å²) in [6.45, 7) is 7.04. The minimum absolute atomic E-state index is 0.201. The first-order valence-electron chi connectivity index (χ1n) is 4.03. The van der Waals surface area contributed by atoms with Gasteiger partial charge in [0.2, 0.25) is 0 Å². The Kier molecular flexibility index (Phi) is 4.77. The largest absolute Gasteiger partial charge is 0.339 e. The number of thiocarbonyl (C=S) groups is 1. The van der Waals surface area contributed by atoms with E-state index in [-0.39, 0.29) is 6.03 Å². The van der Waals surface area contributed by atoms with Crippen LogP contribution in [-0.2, 0) is 0 Å². The van der Waals surface area contributed by atoms with Crippen LogP contribution in [0.5, 0.6) is 0 Å². The van der Waals surface area contributed by atoms with Crippen LogP contribution in [0.3, 0.4) is 0 Å². The zero-order valence-electron chi connectivity index (χ0n) is 7.70. The fraction of sp³-hybridized carbons (Fsp3) is 0.714. The summed E-state index contributed by atoms with van der Waals surface area (Å²) in [5, 5.41) is 1.01. The molecule has 0 aromatic heterocycles. The molecule has 12 heavy (non-hydrogen) atoms. The number of nitrogens with two attached hydrogens (primary N) is 1. The highest BCUT2D eigenvalue weighted by molar-refractivity contribution is 7.80. The molecule has 5 heteroatoms. The Hall–Kier alpha value is -0.680. The van der Waals surface area contributed by atoms with E-state index < -0.39 is 0 Å². The van der Waals surface area contributed by atoms with Crippen molar-refractivity contribution in [3.8, 4) is 0 Å². The number of rotatable bonds is 1. The van der Waals surface area contributed by atoms with Crippen molar-refractivity contribution >= 4 is 23.2 Å². The number of hydrazine groups is 1. The van der Waals surface area contributed by atoms with Crippen LogP contribution in [-0.4, -0.2) is 34.0 Å². The molecule has 0 aromatic rings. The van der Waals surface area contributed by atoms with Crippen LogP contribution in [0.15, 0.2) is 0 Å². The van der Waals surface area contributed by atoms with E-state index >= 15 is 0 Å². The molecule has 1 aliphatic rings. The van der Waals surface area contributed by atoms with Crippen molar-refractivity contribution in [2.45, 2.75) is 20.8 Å². The van der Waals surface area contributed by atoms with Crippen molar-refractivity contribution in [1.29, 1.82) is 0 Å². The maximum absolute atomic E-state index is 11.0. The van der Waals surface area contributed by atoms with Crippen molar-refractivity contribution in [1.82, 2.24) is 9.91 Å². The van der Waals surface area contributed by atoms with Gasteiger partial charge in [-0.05, 0) is 6.92 Å². The summed E-state index contributed by atoms with van der Waals surface area (Å²) >= 11 is 4.80. The molecular formula is C7H15N3OS. The molecule has 4 nitrogen and oxygen atoms in total. The molecule has 2 N–H and O–H groups in total. The van der Waals surface area contributed by atoms with Gasteiger partial charge in [0.15, 0.2) is 0 Å². The first-order chi connectivity index (χ1) is 5.66. The zero-order valence-corrected chi connectivity index (χ0v) is 8.52. The number of urea groups is 1. The molecule has 0 aliphatic carbocycles. The maximum atomic E-state index is 11.0. The fourth-order valence-electron chi connectivity index (χ4n) is 0.813. The summed E-state index contributed by atoms with van der Waals surface area (Å²) < 4.78 is 0. The van der Waals surface area contributed by atoms with Gasteiger partial charge in [0.05, 0.1) is 6.54 Å². The number of nitrogens with zero attached hydrogens (tertiary/aromatic N) is 2. The Morgan fingerprint density at radius 2 is 2.08 bits per heavy atom. The second kappa shape index (κ2) is 5.05. The highest BCUT2D eigenvalue weighted by atomic mass is 32.1. The molecular weight excluding hydrogens is 174 g/mol. The van der Waals surface area contributed by atoms with Gasteiger partial charge in [0.1, 0.15) is 4.99 Å². The highest BCUT2D eigenvalue weighted by Gasteiger charge is 2.29. The summed E-state index contributed by atoms with van der Waals surface area (Å²) in [7, 11) is 0. The topological polar surface area (TPSA) is 49.6 Å². The number of carbonyl (C=O) groups excluding carboxylic acids is 1. The Morgan fingerprint density at radius 1 is 1.58 bits per heavy atom. The predicted octanol–water partition coefficient (Wildman–Crippen LogP) is 0.971. The lowest BCUT2D eigenvalue weighted by atomic mass is 10.6. The lowest BCUT2D eigenvalue weighted by Crippen LogP contribution is -2.37. The second-order valence-corrected chi connectivity index (χ2v) is 2.53. The average Bonchev–Trinajstić information content (AvgIpc) is 2.36. The van der Waals surface area contributed by atoms with Gasteiger partial charge >= 0.3 is 6.03 Å². The van der Waals surface area contributed by atoms with E-state index in [1.54, 1.807) is 4.90 Å².